The van der Waals surface area contributed by atoms with E-state index in [-0.39, 0.29) is 17.7 Å². The number of carbonyl (C=O) groups is 1. The van der Waals surface area contributed by atoms with Gasteiger partial charge in [-0.2, -0.15) is 0 Å². The molecule has 2 heterocycles. The van der Waals surface area contributed by atoms with E-state index in [0.29, 0.717) is 12.6 Å². The number of nitrogens with zero attached hydrogens (tertiary/aromatic N) is 3. The molecule has 22 heavy (non-hydrogen) atoms. The van der Waals surface area contributed by atoms with Crippen LogP contribution >= 0.6 is 0 Å². The van der Waals surface area contributed by atoms with Crippen LogP contribution < -0.4 is 10.1 Å². The average molecular weight is 306 g/mol. The topological polar surface area (TPSA) is 67.3 Å². The van der Waals surface area contributed by atoms with Crippen molar-refractivity contribution in [1.82, 2.24) is 20.2 Å². The molecule has 6 nitrogen and oxygen atoms in total. The van der Waals surface area contributed by atoms with E-state index in [9.17, 15) is 4.79 Å². The van der Waals surface area contributed by atoms with Crippen molar-refractivity contribution in [3.05, 3.63) is 18.0 Å². The Labute approximate surface area is 132 Å². The Morgan fingerprint density at radius 2 is 2.09 bits per heavy atom. The molecule has 2 rings (SSSR count). The molecule has 1 aromatic heterocycles. The highest BCUT2D eigenvalue weighted by Gasteiger charge is 2.27. The normalized spacial score (nSPS) is 18.9. The van der Waals surface area contributed by atoms with Gasteiger partial charge in [-0.1, -0.05) is 6.92 Å². The number of rotatable bonds is 3. The van der Waals surface area contributed by atoms with E-state index < -0.39 is 0 Å². The predicted octanol–water partition coefficient (Wildman–Crippen LogP) is 2.39. The number of urea groups is 1. The zero-order valence-corrected chi connectivity index (χ0v) is 13.9. The van der Waals surface area contributed by atoms with Gasteiger partial charge in [-0.05, 0) is 45.6 Å². The number of nitrogens with one attached hydrogen (secondary N) is 1. The minimum absolute atomic E-state index is 0.0388. The van der Waals surface area contributed by atoms with Crippen LogP contribution in [0.4, 0.5) is 4.79 Å². The third kappa shape index (κ3) is 4.86. The molecular formula is C16H26N4O2. The van der Waals surface area contributed by atoms with Crippen molar-refractivity contribution in [1.29, 1.82) is 0 Å². The summed E-state index contributed by atoms with van der Waals surface area (Å²) in [5.41, 5.74) is 0.853. The number of hydrogen-bond donors (Lipinski definition) is 1. The number of likely N-dealkylation sites (tertiary alicyclic amines) is 1. The van der Waals surface area contributed by atoms with Crippen molar-refractivity contribution < 1.29 is 9.53 Å². The number of ether oxygens (including phenoxy) is 1. The summed E-state index contributed by atoms with van der Waals surface area (Å²) in [4.78, 5) is 22.5. The number of aromatic nitrogens is 2. The van der Waals surface area contributed by atoms with Crippen LogP contribution in [0.5, 0.6) is 6.01 Å². The van der Waals surface area contributed by atoms with Gasteiger partial charge in [-0.25, -0.2) is 14.8 Å². The summed E-state index contributed by atoms with van der Waals surface area (Å²) in [6.45, 7) is 9.33. The maximum Gasteiger partial charge on any atom is 0.317 e. The zero-order chi connectivity index (χ0) is 16.2. The molecule has 1 fully saturated rings. The number of hydrogen-bond acceptors (Lipinski definition) is 4. The molecular weight excluding hydrogens is 280 g/mol. The molecule has 1 unspecified atom stereocenters. The van der Waals surface area contributed by atoms with Crippen molar-refractivity contribution in [2.45, 2.75) is 58.6 Å². The maximum atomic E-state index is 12.2. The lowest BCUT2D eigenvalue weighted by atomic mass is 10.1. The molecule has 6 heteroatoms. The second-order valence-electron chi connectivity index (χ2n) is 6.74. The Hall–Kier alpha value is -1.85. The van der Waals surface area contributed by atoms with E-state index in [2.05, 4.69) is 22.2 Å². The fourth-order valence-corrected chi connectivity index (χ4v) is 2.35. The molecule has 0 saturated carbocycles. The van der Waals surface area contributed by atoms with E-state index in [1.54, 1.807) is 17.3 Å². The Morgan fingerprint density at radius 3 is 2.68 bits per heavy atom. The molecule has 1 aliphatic heterocycles. The third-order valence-electron chi connectivity index (χ3n) is 3.51. The van der Waals surface area contributed by atoms with Crippen LogP contribution in [-0.4, -0.2) is 45.6 Å². The first kappa shape index (κ1) is 16.5. The van der Waals surface area contributed by atoms with Crippen LogP contribution in [0.2, 0.25) is 0 Å². The van der Waals surface area contributed by atoms with Gasteiger partial charge in [0.2, 0.25) is 0 Å². The first-order valence-corrected chi connectivity index (χ1v) is 7.92. The molecule has 1 saturated heterocycles. The Bertz CT molecular complexity index is 496. The van der Waals surface area contributed by atoms with Crippen molar-refractivity contribution in [2.75, 3.05) is 13.1 Å². The lowest BCUT2D eigenvalue weighted by molar-refractivity contribution is 0.0915. The van der Waals surface area contributed by atoms with Gasteiger partial charge in [0.25, 0.3) is 0 Å². The highest BCUT2D eigenvalue weighted by molar-refractivity contribution is 5.75. The summed E-state index contributed by atoms with van der Waals surface area (Å²) in [6, 6.07) is 0.350. The number of piperidine rings is 1. The first-order valence-electron chi connectivity index (χ1n) is 7.92. The van der Waals surface area contributed by atoms with Crippen molar-refractivity contribution >= 4 is 6.03 Å². The molecule has 0 aliphatic carbocycles. The van der Waals surface area contributed by atoms with Gasteiger partial charge >= 0.3 is 12.0 Å². The fourth-order valence-electron chi connectivity index (χ4n) is 2.35. The molecule has 2 amide bonds. The molecule has 0 aromatic carbocycles. The molecule has 0 spiro atoms. The summed E-state index contributed by atoms with van der Waals surface area (Å²) in [5.74, 6) is 0. The summed E-state index contributed by atoms with van der Waals surface area (Å²) in [6.07, 6.45) is 6.27. The summed E-state index contributed by atoms with van der Waals surface area (Å²) >= 11 is 0. The molecule has 1 aliphatic rings. The summed E-state index contributed by atoms with van der Waals surface area (Å²) in [7, 11) is 0. The van der Waals surface area contributed by atoms with Gasteiger partial charge in [0.05, 0.1) is 6.54 Å². The molecule has 1 aromatic rings. The number of aryl methyl sites for hydroxylation is 1. The Kier molecular flexibility index (Phi) is 5.21. The van der Waals surface area contributed by atoms with Crippen LogP contribution in [0.15, 0.2) is 12.4 Å². The van der Waals surface area contributed by atoms with Gasteiger partial charge in [0.1, 0.15) is 6.10 Å². The van der Waals surface area contributed by atoms with Crippen LogP contribution in [0.25, 0.3) is 0 Å². The smallest absolute Gasteiger partial charge is 0.317 e. The molecule has 0 radical (unpaired) electrons. The standard InChI is InChI=1S/C16H26N4O2/c1-5-12-9-17-14(18-10-12)22-13-7-6-8-20(11-13)15(21)19-16(2,3)4/h9-10,13H,5-8,11H2,1-4H3,(H,19,21). The van der Waals surface area contributed by atoms with Crippen LogP contribution in [0, 0.1) is 0 Å². The van der Waals surface area contributed by atoms with E-state index in [4.69, 9.17) is 4.74 Å². The minimum atomic E-state index is -0.232. The van der Waals surface area contributed by atoms with Crippen LogP contribution in [0.3, 0.4) is 0 Å². The van der Waals surface area contributed by atoms with Gasteiger partial charge in [0.15, 0.2) is 0 Å². The van der Waals surface area contributed by atoms with E-state index in [1.807, 2.05) is 20.8 Å². The fraction of sp³-hybridized carbons (Fsp3) is 0.688. The quantitative estimate of drug-likeness (QED) is 0.931. The summed E-state index contributed by atoms with van der Waals surface area (Å²) in [5, 5.41) is 2.99. The highest BCUT2D eigenvalue weighted by atomic mass is 16.5. The van der Waals surface area contributed by atoms with Gasteiger partial charge in [-0.15, -0.1) is 0 Å². The minimum Gasteiger partial charge on any atom is -0.458 e. The largest absolute Gasteiger partial charge is 0.458 e. The Balaban J connectivity index is 1.91. The molecule has 0 bridgehead atoms. The average Bonchev–Trinajstić information content (AvgIpc) is 2.46. The van der Waals surface area contributed by atoms with Gasteiger partial charge < -0.3 is 15.0 Å². The lowest BCUT2D eigenvalue weighted by Gasteiger charge is -2.34. The maximum absolute atomic E-state index is 12.2. The van der Waals surface area contributed by atoms with E-state index in [0.717, 1.165) is 31.4 Å². The monoisotopic (exact) mass is 306 g/mol. The van der Waals surface area contributed by atoms with Crippen molar-refractivity contribution in [2.24, 2.45) is 0 Å². The number of amides is 2. The zero-order valence-electron chi connectivity index (χ0n) is 13.9. The predicted molar refractivity (Wildman–Crippen MR) is 84.9 cm³/mol. The third-order valence-corrected chi connectivity index (χ3v) is 3.51. The molecule has 1 N–H and O–H groups in total. The SMILES string of the molecule is CCc1cnc(OC2CCCN(C(=O)NC(C)(C)C)C2)nc1. The highest BCUT2D eigenvalue weighted by Crippen LogP contribution is 2.16. The second-order valence-corrected chi connectivity index (χ2v) is 6.74. The van der Waals surface area contributed by atoms with Gasteiger partial charge in [-0.3, -0.25) is 0 Å². The lowest BCUT2D eigenvalue weighted by Crippen LogP contribution is -2.53. The van der Waals surface area contributed by atoms with E-state index >= 15 is 0 Å². The molecule has 1 atom stereocenters. The second kappa shape index (κ2) is 6.94. The van der Waals surface area contributed by atoms with E-state index in [1.165, 1.54) is 0 Å². The van der Waals surface area contributed by atoms with Crippen LogP contribution in [-0.2, 0) is 6.42 Å². The first-order chi connectivity index (χ1) is 10.4. The van der Waals surface area contributed by atoms with Crippen molar-refractivity contribution in [3.63, 3.8) is 0 Å². The van der Waals surface area contributed by atoms with Gasteiger partial charge in [0, 0.05) is 24.5 Å². The summed E-state index contributed by atoms with van der Waals surface area (Å²) < 4.78 is 5.82. The Morgan fingerprint density at radius 1 is 1.41 bits per heavy atom. The van der Waals surface area contributed by atoms with Crippen LogP contribution in [0.1, 0.15) is 46.1 Å². The molecule has 122 valence electrons. The van der Waals surface area contributed by atoms with Crippen molar-refractivity contribution in [3.8, 4) is 6.01 Å². The number of carbonyl (C=O) groups excluding carboxylic acids is 1.